The number of esters is 1. The molecule has 1 amide bonds. The van der Waals surface area contributed by atoms with Gasteiger partial charge in [0.25, 0.3) is 0 Å². The van der Waals surface area contributed by atoms with Crippen molar-refractivity contribution >= 4 is 50.3 Å². The standard InChI is InChI=1S/C21H22N4O5S2/c1-2-30-21(27)14-6-3-8-16(12-14)22-20(26)15-7-5-11-25(13-15)32(28,29)18-10-4-9-17-19(18)24-31-23-17/h3-4,6,8-10,12,15H,2,5,7,11,13H2,1H3,(H,22,26)/t15-/m1/s1. The Balaban J connectivity index is 1.49. The van der Waals surface area contributed by atoms with E-state index in [9.17, 15) is 18.0 Å². The van der Waals surface area contributed by atoms with Gasteiger partial charge < -0.3 is 10.1 Å². The van der Waals surface area contributed by atoms with Crippen molar-refractivity contribution in [3.8, 4) is 0 Å². The number of carbonyl (C=O) groups is 2. The van der Waals surface area contributed by atoms with E-state index in [1.54, 1.807) is 43.3 Å². The molecule has 4 rings (SSSR count). The Morgan fingerprint density at radius 2 is 2.03 bits per heavy atom. The first-order valence-electron chi connectivity index (χ1n) is 10.2. The summed E-state index contributed by atoms with van der Waals surface area (Å²) in [4.78, 5) is 24.9. The minimum atomic E-state index is -3.83. The van der Waals surface area contributed by atoms with Crippen LogP contribution in [0.15, 0.2) is 47.4 Å². The number of nitrogens with one attached hydrogen (secondary N) is 1. The molecular weight excluding hydrogens is 452 g/mol. The van der Waals surface area contributed by atoms with Crippen LogP contribution in [0.5, 0.6) is 0 Å². The second-order valence-electron chi connectivity index (χ2n) is 7.38. The van der Waals surface area contributed by atoms with E-state index < -0.39 is 21.9 Å². The van der Waals surface area contributed by atoms with Crippen LogP contribution in [-0.4, -0.2) is 53.0 Å². The summed E-state index contributed by atoms with van der Waals surface area (Å²) in [6.07, 6.45) is 1.13. The van der Waals surface area contributed by atoms with Gasteiger partial charge in [-0.25, -0.2) is 13.2 Å². The molecule has 0 saturated carbocycles. The lowest BCUT2D eigenvalue weighted by atomic mass is 9.98. The number of carbonyl (C=O) groups excluding carboxylic acids is 2. The number of sulfonamides is 1. The van der Waals surface area contributed by atoms with Crippen molar-refractivity contribution in [3.63, 3.8) is 0 Å². The molecule has 11 heteroatoms. The molecule has 0 spiro atoms. The number of piperidine rings is 1. The van der Waals surface area contributed by atoms with Crippen LogP contribution in [0.2, 0.25) is 0 Å². The van der Waals surface area contributed by atoms with E-state index in [1.165, 1.54) is 10.4 Å². The zero-order chi connectivity index (χ0) is 22.7. The molecule has 2 heterocycles. The first-order valence-corrected chi connectivity index (χ1v) is 12.4. The normalized spacial score (nSPS) is 17.2. The van der Waals surface area contributed by atoms with Crippen LogP contribution in [0.25, 0.3) is 11.0 Å². The Morgan fingerprint density at radius 1 is 1.22 bits per heavy atom. The quantitative estimate of drug-likeness (QED) is 0.546. The van der Waals surface area contributed by atoms with Gasteiger partial charge in [-0.05, 0) is 50.1 Å². The summed E-state index contributed by atoms with van der Waals surface area (Å²) in [6.45, 7) is 2.38. The maximum Gasteiger partial charge on any atom is 0.338 e. The molecule has 32 heavy (non-hydrogen) atoms. The fourth-order valence-corrected chi connectivity index (χ4v) is 5.96. The van der Waals surface area contributed by atoms with Crippen molar-refractivity contribution in [1.29, 1.82) is 0 Å². The number of ether oxygens (including phenoxy) is 1. The van der Waals surface area contributed by atoms with Crippen LogP contribution in [0.3, 0.4) is 0 Å². The van der Waals surface area contributed by atoms with Crippen LogP contribution in [0.1, 0.15) is 30.1 Å². The van der Waals surface area contributed by atoms with Gasteiger partial charge in [-0.1, -0.05) is 12.1 Å². The highest BCUT2D eigenvalue weighted by Gasteiger charge is 2.34. The molecule has 1 aromatic heterocycles. The van der Waals surface area contributed by atoms with Crippen LogP contribution < -0.4 is 5.32 Å². The van der Waals surface area contributed by atoms with E-state index in [0.717, 1.165) is 11.7 Å². The smallest absolute Gasteiger partial charge is 0.338 e. The average Bonchev–Trinajstić information content (AvgIpc) is 3.28. The number of aromatic nitrogens is 2. The van der Waals surface area contributed by atoms with Crippen molar-refractivity contribution in [3.05, 3.63) is 48.0 Å². The summed E-state index contributed by atoms with van der Waals surface area (Å²) in [6, 6.07) is 11.4. The van der Waals surface area contributed by atoms with Gasteiger partial charge in [-0.15, -0.1) is 0 Å². The zero-order valence-corrected chi connectivity index (χ0v) is 19.0. The molecule has 0 bridgehead atoms. The van der Waals surface area contributed by atoms with E-state index in [4.69, 9.17) is 4.74 Å². The summed E-state index contributed by atoms with van der Waals surface area (Å²) in [5.74, 6) is -1.28. The predicted molar refractivity (Wildman–Crippen MR) is 120 cm³/mol. The molecule has 0 radical (unpaired) electrons. The summed E-state index contributed by atoms with van der Waals surface area (Å²) >= 11 is 0.963. The lowest BCUT2D eigenvalue weighted by Crippen LogP contribution is -2.43. The van der Waals surface area contributed by atoms with Gasteiger partial charge in [0.05, 0.1) is 29.8 Å². The SMILES string of the molecule is CCOC(=O)c1cccc(NC(=O)[C@@H]2CCCN(S(=O)(=O)c3cccc4nsnc34)C2)c1. The maximum atomic E-state index is 13.3. The van der Waals surface area contributed by atoms with Gasteiger partial charge in [0, 0.05) is 18.8 Å². The number of benzene rings is 2. The highest BCUT2D eigenvalue weighted by atomic mass is 32.2. The lowest BCUT2D eigenvalue weighted by molar-refractivity contribution is -0.120. The number of nitrogens with zero attached hydrogens (tertiary/aromatic N) is 3. The topological polar surface area (TPSA) is 119 Å². The Kier molecular flexibility index (Phi) is 6.49. The average molecular weight is 475 g/mol. The predicted octanol–water partition coefficient (Wildman–Crippen LogP) is 2.91. The minimum absolute atomic E-state index is 0.0691. The summed E-state index contributed by atoms with van der Waals surface area (Å²) in [7, 11) is -3.83. The monoisotopic (exact) mass is 474 g/mol. The van der Waals surface area contributed by atoms with Crippen molar-refractivity contribution < 1.29 is 22.7 Å². The third kappa shape index (κ3) is 4.50. The molecule has 1 saturated heterocycles. The van der Waals surface area contributed by atoms with Gasteiger partial charge in [0.2, 0.25) is 15.9 Å². The highest BCUT2D eigenvalue weighted by molar-refractivity contribution is 7.89. The zero-order valence-electron chi connectivity index (χ0n) is 17.4. The summed E-state index contributed by atoms with van der Waals surface area (Å²) in [5, 5.41) is 2.80. The molecule has 168 valence electrons. The minimum Gasteiger partial charge on any atom is -0.462 e. The van der Waals surface area contributed by atoms with Crippen LogP contribution in [0.4, 0.5) is 5.69 Å². The van der Waals surface area contributed by atoms with Gasteiger partial charge in [-0.2, -0.15) is 13.1 Å². The lowest BCUT2D eigenvalue weighted by Gasteiger charge is -2.31. The molecule has 2 aromatic carbocycles. The largest absolute Gasteiger partial charge is 0.462 e. The van der Waals surface area contributed by atoms with Crippen molar-refractivity contribution in [2.45, 2.75) is 24.7 Å². The first-order chi connectivity index (χ1) is 15.4. The van der Waals surface area contributed by atoms with E-state index in [2.05, 4.69) is 14.1 Å². The molecule has 1 fully saturated rings. The van der Waals surface area contributed by atoms with Gasteiger partial charge >= 0.3 is 5.97 Å². The molecule has 3 aromatic rings. The number of anilines is 1. The number of hydrogen-bond donors (Lipinski definition) is 1. The number of rotatable bonds is 6. The second-order valence-corrected chi connectivity index (χ2v) is 9.82. The Hall–Kier alpha value is -2.89. The van der Waals surface area contributed by atoms with Crippen molar-refractivity contribution in [2.75, 3.05) is 25.0 Å². The van der Waals surface area contributed by atoms with Gasteiger partial charge in [0.15, 0.2) is 0 Å². The van der Waals surface area contributed by atoms with E-state index in [1.807, 2.05) is 0 Å². The van der Waals surface area contributed by atoms with Crippen LogP contribution >= 0.6 is 11.7 Å². The molecular formula is C21H22N4O5S2. The summed E-state index contributed by atoms with van der Waals surface area (Å²) in [5.41, 5.74) is 1.67. The van der Waals surface area contributed by atoms with Gasteiger partial charge in [-0.3, -0.25) is 4.79 Å². The third-order valence-electron chi connectivity index (χ3n) is 5.26. The molecule has 0 unspecified atom stereocenters. The Labute approximate surface area is 189 Å². The van der Waals surface area contributed by atoms with Crippen LogP contribution in [-0.2, 0) is 19.6 Å². The molecule has 9 nitrogen and oxygen atoms in total. The second kappa shape index (κ2) is 9.31. The highest BCUT2D eigenvalue weighted by Crippen LogP contribution is 2.28. The van der Waals surface area contributed by atoms with E-state index in [0.29, 0.717) is 41.7 Å². The van der Waals surface area contributed by atoms with E-state index >= 15 is 0 Å². The van der Waals surface area contributed by atoms with Crippen molar-refractivity contribution in [2.24, 2.45) is 5.92 Å². The molecule has 0 aliphatic carbocycles. The molecule has 1 aliphatic heterocycles. The number of fused-ring (bicyclic) bond motifs is 1. The molecule has 1 atom stereocenters. The summed E-state index contributed by atoms with van der Waals surface area (Å²) < 4.78 is 41.1. The third-order valence-corrected chi connectivity index (χ3v) is 7.70. The Morgan fingerprint density at radius 3 is 2.84 bits per heavy atom. The molecule has 1 N–H and O–H groups in total. The number of hydrogen-bond acceptors (Lipinski definition) is 8. The fraction of sp³-hybridized carbons (Fsp3) is 0.333. The van der Waals surface area contributed by atoms with Gasteiger partial charge in [0.1, 0.15) is 15.9 Å². The van der Waals surface area contributed by atoms with Crippen LogP contribution in [0, 0.1) is 5.92 Å². The Bertz CT molecular complexity index is 1260. The van der Waals surface area contributed by atoms with E-state index in [-0.39, 0.29) is 24.0 Å². The first kappa shape index (κ1) is 22.3. The maximum absolute atomic E-state index is 13.3. The fourth-order valence-electron chi connectivity index (χ4n) is 3.69. The van der Waals surface area contributed by atoms with Crippen molar-refractivity contribution in [1.82, 2.24) is 13.1 Å². The molecule has 1 aliphatic rings. The number of amides is 1.